The van der Waals surface area contributed by atoms with E-state index in [1.54, 1.807) is 23.5 Å². The number of carbonyl (C=O) groups excluding carboxylic acids is 1. The summed E-state index contributed by atoms with van der Waals surface area (Å²) >= 11 is 0. The molecule has 1 saturated carbocycles. The Bertz CT molecular complexity index is 1340. The highest BCUT2D eigenvalue weighted by Gasteiger charge is 2.51. The highest BCUT2D eigenvalue weighted by atomic mass is 32.3. The first kappa shape index (κ1) is 25.2. The minimum atomic E-state index is -3.09. The molecule has 1 atom stereocenters. The lowest BCUT2D eigenvalue weighted by atomic mass is 9.94. The quantitative estimate of drug-likeness (QED) is 0.330. The van der Waals surface area contributed by atoms with E-state index in [-0.39, 0.29) is 18.7 Å². The molecule has 0 aromatic heterocycles. The van der Waals surface area contributed by atoms with E-state index >= 15 is 0 Å². The van der Waals surface area contributed by atoms with Gasteiger partial charge >= 0.3 is 0 Å². The number of hydrogen-bond donors (Lipinski definition) is 3. The van der Waals surface area contributed by atoms with Gasteiger partial charge in [0.15, 0.2) is 11.5 Å². The minimum absolute atomic E-state index is 0.00241. The van der Waals surface area contributed by atoms with Crippen molar-refractivity contribution in [2.45, 2.75) is 42.0 Å². The highest BCUT2D eigenvalue weighted by molar-refractivity contribution is 8.22. The van der Waals surface area contributed by atoms with Gasteiger partial charge in [-0.05, 0) is 78.8 Å². The lowest BCUT2D eigenvalue weighted by Crippen LogP contribution is -2.35. The molecule has 3 N–H and O–H groups in total. The summed E-state index contributed by atoms with van der Waals surface area (Å²) in [5.41, 5.74) is 2.95. The SMILES string of the molecule is COC[C@@H]1CCCN1S(O)(O)c1ccc(-c2cccc(NC(=O)C3(c4ccc5c(c4)OCO5)CC3)c2)cc1. The Labute approximate surface area is 224 Å². The van der Waals surface area contributed by atoms with Crippen molar-refractivity contribution in [2.75, 3.05) is 32.4 Å². The zero-order valence-electron chi connectivity index (χ0n) is 21.3. The molecule has 1 aliphatic carbocycles. The third-order valence-electron chi connectivity index (χ3n) is 7.74. The number of carbonyl (C=O) groups is 1. The number of rotatable bonds is 8. The van der Waals surface area contributed by atoms with Crippen LogP contribution < -0.4 is 14.8 Å². The van der Waals surface area contributed by atoms with Crippen LogP contribution in [0.1, 0.15) is 31.2 Å². The van der Waals surface area contributed by atoms with Crippen molar-refractivity contribution in [1.29, 1.82) is 0 Å². The number of ether oxygens (including phenoxy) is 3. The average molecular weight is 537 g/mol. The molecule has 2 fully saturated rings. The summed E-state index contributed by atoms with van der Waals surface area (Å²) in [5, 5.41) is 3.11. The Morgan fingerprint density at radius 1 is 1.05 bits per heavy atom. The molecule has 3 aromatic carbocycles. The number of hydrogen-bond acceptors (Lipinski definition) is 7. The summed E-state index contributed by atoms with van der Waals surface area (Å²) in [6.07, 6.45) is 3.37. The molecule has 0 radical (unpaired) electrons. The van der Waals surface area contributed by atoms with Crippen molar-refractivity contribution < 1.29 is 28.1 Å². The molecule has 38 heavy (non-hydrogen) atoms. The van der Waals surface area contributed by atoms with Gasteiger partial charge in [-0.1, -0.05) is 30.3 Å². The lowest BCUT2D eigenvalue weighted by Gasteiger charge is -2.43. The summed E-state index contributed by atoms with van der Waals surface area (Å²) in [7, 11) is -1.46. The Morgan fingerprint density at radius 2 is 1.84 bits per heavy atom. The zero-order valence-corrected chi connectivity index (χ0v) is 22.1. The van der Waals surface area contributed by atoms with Crippen molar-refractivity contribution >= 4 is 22.4 Å². The van der Waals surface area contributed by atoms with E-state index < -0.39 is 16.2 Å². The number of fused-ring (bicyclic) bond motifs is 1. The second-order valence-corrected chi connectivity index (χ2v) is 12.1. The largest absolute Gasteiger partial charge is 0.454 e. The van der Waals surface area contributed by atoms with Crippen molar-refractivity contribution in [3.05, 3.63) is 72.3 Å². The summed E-state index contributed by atoms with van der Waals surface area (Å²) in [6.45, 7) is 1.31. The monoisotopic (exact) mass is 536 g/mol. The van der Waals surface area contributed by atoms with Crippen LogP contribution in [0.5, 0.6) is 11.5 Å². The van der Waals surface area contributed by atoms with E-state index in [1.807, 2.05) is 54.6 Å². The minimum Gasteiger partial charge on any atom is -0.454 e. The molecule has 1 saturated heterocycles. The van der Waals surface area contributed by atoms with Gasteiger partial charge in [0, 0.05) is 19.3 Å². The van der Waals surface area contributed by atoms with Gasteiger partial charge in [0.05, 0.1) is 23.0 Å². The molecule has 6 rings (SSSR count). The van der Waals surface area contributed by atoms with Gasteiger partial charge in [0.1, 0.15) is 0 Å². The van der Waals surface area contributed by atoms with Crippen LogP contribution in [-0.4, -0.2) is 52.4 Å². The molecule has 200 valence electrons. The van der Waals surface area contributed by atoms with Crippen LogP contribution in [0.2, 0.25) is 0 Å². The van der Waals surface area contributed by atoms with Gasteiger partial charge in [-0.15, -0.1) is 10.8 Å². The Kier molecular flexibility index (Phi) is 6.57. The van der Waals surface area contributed by atoms with Gasteiger partial charge in [-0.2, -0.15) is 4.31 Å². The van der Waals surface area contributed by atoms with Gasteiger partial charge in [-0.25, -0.2) is 0 Å². The molecule has 0 unspecified atom stereocenters. The zero-order chi connectivity index (χ0) is 26.3. The molecule has 9 heteroatoms. The van der Waals surface area contributed by atoms with Crippen molar-refractivity contribution in [3.8, 4) is 22.6 Å². The Morgan fingerprint density at radius 3 is 2.61 bits per heavy atom. The number of nitrogens with zero attached hydrogens (tertiary/aromatic N) is 1. The summed E-state index contributed by atoms with van der Waals surface area (Å²) < 4.78 is 40.1. The Hall–Kier alpha value is -3.08. The van der Waals surface area contributed by atoms with E-state index in [0.717, 1.165) is 42.4 Å². The molecule has 3 aromatic rings. The summed E-state index contributed by atoms with van der Waals surface area (Å²) in [6, 6.07) is 20.8. The highest BCUT2D eigenvalue weighted by Crippen LogP contribution is 2.55. The number of anilines is 1. The summed E-state index contributed by atoms with van der Waals surface area (Å²) in [5.74, 6) is 1.36. The first-order valence-electron chi connectivity index (χ1n) is 12.9. The fourth-order valence-electron chi connectivity index (χ4n) is 5.46. The second-order valence-electron chi connectivity index (χ2n) is 10.1. The van der Waals surface area contributed by atoms with Crippen LogP contribution in [0.25, 0.3) is 11.1 Å². The molecule has 0 bridgehead atoms. The molecule has 1 amide bonds. The first-order valence-corrected chi connectivity index (χ1v) is 14.4. The topological polar surface area (TPSA) is 100 Å². The Balaban J connectivity index is 1.17. The van der Waals surface area contributed by atoms with E-state index in [2.05, 4.69) is 5.32 Å². The van der Waals surface area contributed by atoms with Crippen LogP contribution in [0, 0.1) is 0 Å². The van der Waals surface area contributed by atoms with Crippen LogP contribution in [0.15, 0.2) is 71.6 Å². The molecule has 2 aliphatic heterocycles. The second kappa shape index (κ2) is 9.91. The number of nitrogens with one attached hydrogen (secondary N) is 1. The maximum Gasteiger partial charge on any atom is 0.235 e. The van der Waals surface area contributed by atoms with Gasteiger partial charge in [0.25, 0.3) is 0 Å². The third kappa shape index (κ3) is 4.54. The predicted octanol–water partition coefficient (Wildman–Crippen LogP) is 5.89. The molecule has 3 aliphatic rings. The van der Waals surface area contributed by atoms with E-state index in [9.17, 15) is 13.9 Å². The number of methoxy groups -OCH3 is 1. The lowest BCUT2D eigenvalue weighted by molar-refractivity contribution is -0.118. The predicted molar refractivity (Wildman–Crippen MR) is 147 cm³/mol. The van der Waals surface area contributed by atoms with Crippen LogP contribution in [-0.2, 0) is 14.9 Å². The van der Waals surface area contributed by atoms with Gasteiger partial charge < -0.3 is 19.5 Å². The molecule has 2 heterocycles. The van der Waals surface area contributed by atoms with Gasteiger partial charge in [-0.3, -0.25) is 13.9 Å². The fraction of sp³-hybridized carbons (Fsp3) is 0.345. The van der Waals surface area contributed by atoms with E-state index in [1.165, 1.54) is 0 Å². The smallest absolute Gasteiger partial charge is 0.235 e. The first-order chi connectivity index (χ1) is 18.4. The fourth-order valence-corrected chi connectivity index (χ4v) is 7.20. The molecule has 8 nitrogen and oxygen atoms in total. The third-order valence-corrected chi connectivity index (χ3v) is 9.78. The maximum absolute atomic E-state index is 13.3. The van der Waals surface area contributed by atoms with E-state index in [4.69, 9.17) is 14.2 Å². The van der Waals surface area contributed by atoms with Crippen LogP contribution in [0.3, 0.4) is 0 Å². The molecular formula is C29H32N2O6S. The summed E-state index contributed by atoms with van der Waals surface area (Å²) in [4.78, 5) is 13.8. The number of benzene rings is 3. The maximum atomic E-state index is 13.3. The van der Waals surface area contributed by atoms with Gasteiger partial charge in [0.2, 0.25) is 12.7 Å². The molecule has 0 spiro atoms. The molecular weight excluding hydrogens is 504 g/mol. The van der Waals surface area contributed by atoms with Crippen LogP contribution in [0.4, 0.5) is 5.69 Å². The average Bonchev–Trinajstić information content (AvgIpc) is 3.37. The normalized spacial score (nSPS) is 20.3. The van der Waals surface area contributed by atoms with E-state index in [0.29, 0.717) is 35.2 Å². The van der Waals surface area contributed by atoms with Crippen molar-refractivity contribution in [3.63, 3.8) is 0 Å². The van der Waals surface area contributed by atoms with Crippen molar-refractivity contribution in [2.24, 2.45) is 0 Å². The van der Waals surface area contributed by atoms with Crippen molar-refractivity contribution in [1.82, 2.24) is 4.31 Å². The van der Waals surface area contributed by atoms with Crippen LogP contribution >= 0.6 is 10.8 Å². The standard InChI is InChI=1S/C29H32N2O6S/c1-35-18-24-6-3-15-31(24)38(33,34)25-10-7-20(8-11-25)21-4-2-5-23(16-21)30-28(32)29(13-14-29)22-9-12-26-27(17-22)37-19-36-26/h2,4-5,7-12,16-17,24,33-34H,3,6,13-15,18-19H2,1H3,(H,30,32)/t24-/m0/s1. The number of amides is 1.